The normalized spacial score (nSPS) is 18.9. The molecule has 1 aliphatic rings. The van der Waals surface area contributed by atoms with Gasteiger partial charge in [0.05, 0.1) is 12.1 Å². The molecule has 1 saturated heterocycles. The number of methoxy groups -OCH3 is 1. The Hall–Kier alpha value is -1.79. The van der Waals surface area contributed by atoms with Crippen molar-refractivity contribution in [3.05, 3.63) is 47.0 Å². The number of carbonyl (C=O) groups is 2. The number of thioether (sulfide) groups is 1. The topological polar surface area (TPSA) is 58.6 Å². The molecule has 0 spiro atoms. The lowest BCUT2D eigenvalue weighted by Crippen LogP contribution is -2.53. The summed E-state index contributed by atoms with van der Waals surface area (Å²) < 4.78 is 4.78. The molecule has 1 atom stereocenters. The van der Waals surface area contributed by atoms with E-state index in [0.717, 1.165) is 11.6 Å². The average molecular weight is 320 g/mol. The summed E-state index contributed by atoms with van der Waals surface area (Å²) in [5.41, 5.74) is 0.661. The minimum absolute atomic E-state index is 0.0295. The lowest BCUT2D eigenvalue weighted by molar-refractivity contribution is -0.144. The van der Waals surface area contributed by atoms with E-state index in [1.165, 1.54) is 18.9 Å². The zero-order valence-electron chi connectivity index (χ0n) is 12.7. The summed E-state index contributed by atoms with van der Waals surface area (Å²) in [5.74, 6) is -0.308. The van der Waals surface area contributed by atoms with Gasteiger partial charge in [0.15, 0.2) is 5.78 Å². The summed E-state index contributed by atoms with van der Waals surface area (Å²) >= 11 is 1.51. The van der Waals surface area contributed by atoms with E-state index < -0.39 is 0 Å². The molecule has 0 aromatic heterocycles. The number of allylic oxidation sites excluding steroid dienone is 1. The monoisotopic (exact) mass is 320 g/mol. The number of benzene rings is 1. The summed E-state index contributed by atoms with van der Waals surface area (Å²) in [5, 5.41) is 3.99. The van der Waals surface area contributed by atoms with E-state index >= 15 is 0 Å². The van der Waals surface area contributed by atoms with Gasteiger partial charge in [-0.15, -0.1) is 11.8 Å². The van der Waals surface area contributed by atoms with Crippen LogP contribution < -0.4 is 5.32 Å². The lowest BCUT2D eigenvalue weighted by atomic mass is 10.1. The van der Waals surface area contributed by atoms with E-state index in [1.54, 1.807) is 18.2 Å². The van der Waals surface area contributed by atoms with Crippen LogP contribution in [0.15, 0.2) is 41.4 Å². The second-order valence-corrected chi connectivity index (χ2v) is 5.72. The maximum Gasteiger partial charge on any atom is 0.324 e. The second kappa shape index (κ2) is 8.00. The molecule has 0 amide bonds. The molecular weight excluding hydrogens is 300 g/mol. The molecule has 1 aliphatic heterocycles. The smallest absolute Gasteiger partial charge is 0.324 e. The average Bonchev–Trinajstić information content (AvgIpc) is 2.59. The molecule has 0 radical (unpaired) electrons. The third kappa shape index (κ3) is 4.11. The summed E-state index contributed by atoms with van der Waals surface area (Å²) in [6, 6.07) is 8.81. The number of hydrogen-bond acceptors (Lipinski definition) is 6. The molecule has 1 aromatic rings. The molecule has 1 N–H and O–H groups in total. The third-order valence-corrected chi connectivity index (χ3v) is 4.29. The van der Waals surface area contributed by atoms with Gasteiger partial charge in [-0.1, -0.05) is 30.3 Å². The van der Waals surface area contributed by atoms with Crippen LogP contribution in [0.3, 0.4) is 0 Å². The maximum absolute atomic E-state index is 12.3. The van der Waals surface area contributed by atoms with Crippen LogP contribution in [0.4, 0.5) is 0 Å². The number of carbonyl (C=O) groups excluding carboxylic acids is 2. The van der Waals surface area contributed by atoms with Gasteiger partial charge in [0.1, 0.15) is 6.04 Å². The van der Waals surface area contributed by atoms with Gasteiger partial charge in [-0.05, 0) is 6.26 Å². The highest BCUT2D eigenvalue weighted by Crippen LogP contribution is 2.20. The van der Waals surface area contributed by atoms with Gasteiger partial charge in [0.25, 0.3) is 0 Å². The highest BCUT2D eigenvalue weighted by molar-refractivity contribution is 8.02. The minimum atomic E-state index is -0.360. The zero-order valence-corrected chi connectivity index (χ0v) is 13.6. The minimum Gasteiger partial charge on any atom is -0.468 e. The van der Waals surface area contributed by atoms with Crippen LogP contribution in [-0.2, 0) is 9.53 Å². The van der Waals surface area contributed by atoms with Gasteiger partial charge in [0.2, 0.25) is 0 Å². The summed E-state index contributed by atoms with van der Waals surface area (Å²) in [6.45, 7) is 1.93. The SMILES string of the molecule is COC(=O)C1CN(C(=CC(=O)c2ccccc2)SC)CCN1. The first kappa shape index (κ1) is 16.6. The van der Waals surface area contributed by atoms with E-state index in [-0.39, 0.29) is 17.8 Å². The van der Waals surface area contributed by atoms with E-state index in [1.807, 2.05) is 29.4 Å². The standard InChI is InChI=1S/C16H20N2O3S/c1-21-16(20)13-11-18(9-8-17-13)15(22-2)10-14(19)12-6-4-3-5-7-12/h3-7,10,13,17H,8-9,11H2,1-2H3. The van der Waals surface area contributed by atoms with Gasteiger partial charge >= 0.3 is 5.97 Å². The van der Waals surface area contributed by atoms with Crippen LogP contribution in [0, 0.1) is 0 Å². The van der Waals surface area contributed by atoms with E-state index in [0.29, 0.717) is 18.7 Å². The Morgan fingerprint density at radius 2 is 2.09 bits per heavy atom. The number of piperazine rings is 1. The number of ketones is 1. The Morgan fingerprint density at radius 3 is 2.73 bits per heavy atom. The number of esters is 1. The fraction of sp³-hybridized carbons (Fsp3) is 0.375. The molecule has 1 heterocycles. The summed E-state index contributed by atoms with van der Waals surface area (Å²) in [4.78, 5) is 26.0. The van der Waals surface area contributed by atoms with Crippen molar-refractivity contribution in [2.45, 2.75) is 6.04 Å². The molecule has 0 aliphatic carbocycles. The van der Waals surface area contributed by atoms with Crippen LogP contribution in [0.2, 0.25) is 0 Å². The first-order chi connectivity index (χ1) is 10.7. The molecule has 22 heavy (non-hydrogen) atoms. The molecule has 1 aromatic carbocycles. The molecular formula is C16H20N2O3S. The number of rotatable bonds is 5. The van der Waals surface area contributed by atoms with Gasteiger partial charge in [-0.2, -0.15) is 0 Å². The fourth-order valence-corrected chi connectivity index (χ4v) is 2.98. The van der Waals surface area contributed by atoms with Crippen LogP contribution >= 0.6 is 11.8 Å². The zero-order chi connectivity index (χ0) is 15.9. The van der Waals surface area contributed by atoms with Gasteiger partial charge in [-0.25, -0.2) is 0 Å². The first-order valence-corrected chi connectivity index (χ1v) is 8.29. The molecule has 5 nitrogen and oxygen atoms in total. The van der Waals surface area contributed by atoms with Crippen molar-refractivity contribution >= 4 is 23.5 Å². The van der Waals surface area contributed by atoms with Crippen molar-refractivity contribution in [2.24, 2.45) is 0 Å². The van der Waals surface area contributed by atoms with Gasteiger partial charge in [-0.3, -0.25) is 9.59 Å². The lowest BCUT2D eigenvalue weighted by Gasteiger charge is -2.34. The molecule has 0 bridgehead atoms. The Balaban J connectivity index is 2.12. The molecule has 2 rings (SSSR count). The predicted molar refractivity (Wildman–Crippen MR) is 87.8 cm³/mol. The van der Waals surface area contributed by atoms with Crippen LogP contribution in [0.5, 0.6) is 0 Å². The van der Waals surface area contributed by atoms with Crippen molar-refractivity contribution in [1.82, 2.24) is 10.2 Å². The highest BCUT2D eigenvalue weighted by Gasteiger charge is 2.27. The van der Waals surface area contributed by atoms with Gasteiger partial charge < -0.3 is 15.0 Å². The van der Waals surface area contributed by atoms with Crippen molar-refractivity contribution in [3.63, 3.8) is 0 Å². The summed E-state index contributed by atoms with van der Waals surface area (Å²) in [7, 11) is 1.38. The first-order valence-electron chi connectivity index (χ1n) is 7.07. The van der Waals surface area contributed by atoms with Crippen molar-refractivity contribution in [2.75, 3.05) is 33.0 Å². The highest BCUT2D eigenvalue weighted by atomic mass is 32.2. The quantitative estimate of drug-likeness (QED) is 0.504. The molecule has 0 saturated carbocycles. The van der Waals surface area contributed by atoms with E-state index in [9.17, 15) is 9.59 Å². The fourth-order valence-electron chi connectivity index (χ4n) is 2.33. The Labute approximate surface area is 134 Å². The van der Waals surface area contributed by atoms with Crippen LogP contribution in [0.1, 0.15) is 10.4 Å². The van der Waals surface area contributed by atoms with Crippen molar-refractivity contribution < 1.29 is 14.3 Å². The Morgan fingerprint density at radius 1 is 1.36 bits per heavy atom. The Kier molecular flexibility index (Phi) is 6.03. The molecule has 1 unspecified atom stereocenters. The van der Waals surface area contributed by atoms with Crippen molar-refractivity contribution in [3.8, 4) is 0 Å². The van der Waals surface area contributed by atoms with Crippen molar-refractivity contribution in [1.29, 1.82) is 0 Å². The molecule has 1 fully saturated rings. The van der Waals surface area contributed by atoms with E-state index in [2.05, 4.69) is 5.32 Å². The second-order valence-electron chi connectivity index (χ2n) is 4.89. The van der Waals surface area contributed by atoms with E-state index in [4.69, 9.17) is 4.74 Å². The number of hydrogen-bond donors (Lipinski definition) is 1. The summed E-state index contributed by atoms with van der Waals surface area (Å²) in [6.07, 6.45) is 3.57. The maximum atomic E-state index is 12.3. The van der Waals surface area contributed by atoms with Crippen LogP contribution in [0.25, 0.3) is 0 Å². The predicted octanol–water partition coefficient (Wildman–Crippen LogP) is 1.52. The largest absolute Gasteiger partial charge is 0.468 e. The number of ether oxygens (including phenoxy) is 1. The molecule has 6 heteroatoms. The van der Waals surface area contributed by atoms with Crippen LogP contribution in [-0.4, -0.2) is 55.7 Å². The number of nitrogens with zero attached hydrogens (tertiary/aromatic N) is 1. The number of nitrogens with one attached hydrogen (secondary N) is 1. The molecule has 118 valence electrons. The Bertz CT molecular complexity index is 560. The van der Waals surface area contributed by atoms with Gasteiger partial charge in [0, 0.05) is 31.3 Å². The third-order valence-electron chi connectivity index (χ3n) is 3.49.